The Morgan fingerprint density at radius 1 is 0.789 bits per heavy atom. The Bertz CT molecular complexity index is 527. The van der Waals surface area contributed by atoms with Crippen molar-refractivity contribution in [1.29, 1.82) is 0 Å². The van der Waals surface area contributed by atoms with E-state index in [1.54, 1.807) is 0 Å². The van der Waals surface area contributed by atoms with Crippen LogP contribution in [-0.2, 0) is 10.3 Å². The molecule has 0 spiro atoms. The first kappa shape index (κ1) is 12.4. The van der Waals surface area contributed by atoms with Gasteiger partial charge in [0.2, 0.25) is 0 Å². The van der Waals surface area contributed by atoms with Gasteiger partial charge in [-0.05, 0) is 29.5 Å². The maximum absolute atomic E-state index is 6.49. The SMILES string of the molecule is NC1(c2ccc(-c3ccccc3)cc2)CCOCC1. The quantitative estimate of drug-likeness (QED) is 0.891. The van der Waals surface area contributed by atoms with Crippen molar-refractivity contribution in [2.24, 2.45) is 5.73 Å². The van der Waals surface area contributed by atoms with Gasteiger partial charge in [0.05, 0.1) is 0 Å². The molecule has 0 aliphatic carbocycles. The predicted octanol–water partition coefficient (Wildman–Crippen LogP) is 3.32. The lowest BCUT2D eigenvalue weighted by atomic mass is 9.83. The van der Waals surface area contributed by atoms with E-state index in [1.165, 1.54) is 16.7 Å². The average molecular weight is 253 g/mol. The first-order chi connectivity index (χ1) is 9.28. The molecule has 0 saturated carbocycles. The smallest absolute Gasteiger partial charge is 0.0486 e. The molecule has 2 nitrogen and oxygen atoms in total. The van der Waals surface area contributed by atoms with Gasteiger partial charge in [0.25, 0.3) is 0 Å². The van der Waals surface area contributed by atoms with E-state index in [1.807, 2.05) is 6.07 Å². The van der Waals surface area contributed by atoms with Crippen molar-refractivity contribution in [3.8, 4) is 11.1 Å². The Balaban J connectivity index is 1.87. The van der Waals surface area contributed by atoms with Gasteiger partial charge in [0.1, 0.15) is 0 Å². The minimum atomic E-state index is -0.215. The summed E-state index contributed by atoms with van der Waals surface area (Å²) in [6, 6.07) is 19.1. The fourth-order valence-corrected chi connectivity index (χ4v) is 2.65. The topological polar surface area (TPSA) is 35.2 Å². The van der Waals surface area contributed by atoms with Crippen LogP contribution in [0.1, 0.15) is 18.4 Å². The van der Waals surface area contributed by atoms with Gasteiger partial charge in [0.15, 0.2) is 0 Å². The Morgan fingerprint density at radius 2 is 1.37 bits per heavy atom. The molecule has 2 N–H and O–H groups in total. The number of nitrogens with two attached hydrogens (primary N) is 1. The number of ether oxygens (including phenoxy) is 1. The fraction of sp³-hybridized carbons (Fsp3) is 0.294. The summed E-state index contributed by atoms with van der Waals surface area (Å²) in [7, 11) is 0. The van der Waals surface area contributed by atoms with Crippen molar-refractivity contribution in [3.63, 3.8) is 0 Å². The summed E-state index contributed by atoms with van der Waals surface area (Å²) < 4.78 is 5.40. The van der Waals surface area contributed by atoms with Crippen molar-refractivity contribution in [3.05, 3.63) is 60.2 Å². The van der Waals surface area contributed by atoms with Gasteiger partial charge in [-0.3, -0.25) is 0 Å². The summed E-state index contributed by atoms with van der Waals surface area (Å²) >= 11 is 0. The van der Waals surface area contributed by atoms with Gasteiger partial charge in [0, 0.05) is 18.8 Å². The monoisotopic (exact) mass is 253 g/mol. The number of hydrogen-bond donors (Lipinski definition) is 1. The van der Waals surface area contributed by atoms with Crippen LogP contribution in [0.5, 0.6) is 0 Å². The molecule has 1 aliphatic heterocycles. The summed E-state index contributed by atoms with van der Waals surface area (Å²) in [5, 5.41) is 0. The largest absolute Gasteiger partial charge is 0.381 e. The summed E-state index contributed by atoms with van der Waals surface area (Å²) in [6.07, 6.45) is 1.80. The molecular formula is C17H19NO. The second-order valence-electron chi connectivity index (χ2n) is 5.21. The molecule has 2 aromatic rings. The zero-order valence-electron chi connectivity index (χ0n) is 11.0. The van der Waals surface area contributed by atoms with E-state index in [9.17, 15) is 0 Å². The van der Waals surface area contributed by atoms with Crippen LogP contribution in [0.2, 0.25) is 0 Å². The summed E-state index contributed by atoms with van der Waals surface area (Å²) in [5.41, 5.74) is 9.97. The van der Waals surface area contributed by atoms with E-state index in [2.05, 4.69) is 48.5 Å². The Hall–Kier alpha value is -1.64. The highest BCUT2D eigenvalue weighted by atomic mass is 16.5. The van der Waals surface area contributed by atoms with Crippen molar-refractivity contribution in [1.82, 2.24) is 0 Å². The van der Waals surface area contributed by atoms with Gasteiger partial charge in [-0.1, -0.05) is 54.6 Å². The normalized spacial score (nSPS) is 18.2. The number of benzene rings is 2. The summed E-state index contributed by atoms with van der Waals surface area (Å²) in [5.74, 6) is 0. The number of rotatable bonds is 2. The second-order valence-corrected chi connectivity index (χ2v) is 5.21. The van der Waals surface area contributed by atoms with E-state index in [0.29, 0.717) is 0 Å². The Morgan fingerprint density at radius 3 is 2.00 bits per heavy atom. The van der Waals surface area contributed by atoms with Crippen LogP contribution in [0, 0.1) is 0 Å². The summed E-state index contributed by atoms with van der Waals surface area (Å²) in [6.45, 7) is 1.52. The van der Waals surface area contributed by atoms with E-state index in [0.717, 1.165) is 26.1 Å². The average Bonchev–Trinajstić information content (AvgIpc) is 2.49. The van der Waals surface area contributed by atoms with Crippen LogP contribution in [0.25, 0.3) is 11.1 Å². The lowest BCUT2D eigenvalue weighted by molar-refractivity contribution is 0.0522. The van der Waals surface area contributed by atoms with E-state index < -0.39 is 0 Å². The maximum Gasteiger partial charge on any atom is 0.0486 e. The van der Waals surface area contributed by atoms with Crippen LogP contribution in [-0.4, -0.2) is 13.2 Å². The number of hydrogen-bond acceptors (Lipinski definition) is 2. The first-order valence-corrected chi connectivity index (χ1v) is 6.81. The molecule has 1 fully saturated rings. The highest BCUT2D eigenvalue weighted by Gasteiger charge is 2.29. The minimum absolute atomic E-state index is 0.215. The molecule has 1 aliphatic rings. The van der Waals surface area contributed by atoms with Gasteiger partial charge < -0.3 is 10.5 Å². The van der Waals surface area contributed by atoms with Crippen LogP contribution in [0.4, 0.5) is 0 Å². The standard InChI is InChI=1S/C17H19NO/c18-17(10-12-19-13-11-17)16-8-6-15(7-9-16)14-4-2-1-3-5-14/h1-9H,10-13,18H2. The third kappa shape index (κ3) is 2.55. The maximum atomic E-state index is 6.49. The molecule has 0 atom stereocenters. The lowest BCUT2D eigenvalue weighted by Gasteiger charge is -2.34. The third-order valence-electron chi connectivity index (χ3n) is 3.95. The van der Waals surface area contributed by atoms with Gasteiger partial charge in [-0.2, -0.15) is 0 Å². The fourth-order valence-electron chi connectivity index (χ4n) is 2.65. The van der Waals surface area contributed by atoms with Crippen molar-refractivity contribution < 1.29 is 4.74 Å². The van der Waals surface area contributed by atoms with Gasteiger partial charge in [-0.15, -0.1) is 0 Å². The Labute approximate surface area is 114 Å². The molecule has 0 bridgehead atoms. The molecule has 2 aromatic carbocycles. The van der Waals surface area contributed by atoms with Gasteiger partial charge in [-0.25, -0.2) is 0 Å². The molecule has 0 radical (unpaired) electrons. The zero-order valence-corrected chi connectivity index (χ0v) is 11.0. The highest BCUT2D eigenvalue weighted by Crippen LogP contribution is 2.30. The molecule has 2 heteroatoms. The van der Waals surface area contributed by atoms with E-state index in [4.69, 9.17) is 10.5 Å². The van der Waals surface area contributed by atoms with Crippen molar-refractivity contribution >= 4 is 0 Å². The van der Waals surface area contributed by atoms with Gasteiger partial charge >= 0.3 is 0 Å². The molecule has 19 heavy (non-hydrogen) atoms. The van der Waals surface area contributed by atoms with Crippen molar-refractivity contribution in [2.45, 2.75) is 18.4 Å². The van der Waals surface area contributed by atoms with Crippen LogP contribution >= 0.6 is 0 Å². The molecule has 3 rings (SSSR count). The molecule has 1 heterocycles. The molecule has 0 amide bonds. The molecular weight excluding hydrogens is 234 g/mol. The van der Waals surface area contributed by atoms with Crippen LogP contribution < -0.4 is 5.73 Å². The van der Waals surface area contributed by atoms with E-state index >= 15 is 0 Å². The van der Waals surface area contributed by atoms with Crippen LogP contribution in [0.3, 0.4) is 0 Å². The highest BCUT2D eigenvalue weighted by molar-refractivity contribution is 5.63. The van der Waals surface area contributed by atoms with Crippen LogP contribution in [0.15, 0.2) is 54.6 Å². The molecule has 0 aromatic heterocycles. The lowest BCUT2D eigenvalue weighted by Crippen LogP contribution is -2.42. The second kappa shape index (κ2) is 5.16. The molecule has 1 saturated heterocycles. The Kier molecular flexibility index (Phi) is 3.36. The molecule has 0 unspecified atom stereocenters. The van der Waals surface area contributed by atoms with Crippen molar-refractivity contribution in [2.75, 3.05) is 13.2 Å². The zero-order chi connectivity index (χ0) is 13.1. The minimum Gasteiger partial charge on any atom is -0.381 e. The predicted molar refractivity (Wildman–Crippen MR) is 77.8 cm³/mol. The first-order valence-electron chi connectivity index (χ1n) is 6.81. The van der Waals surface area contributed by atoms with E-state index in [-0.39, 0.29) is 5.54 Å². The summed E-state index contributed by atoms with van der Waals surface area (Å²) in [4.78, 5) is 0. The third-order valence-corrected chi connectivity index (χ3v) is 3.95. The molecule has 98 valence electrons.